The number of halogens is 1. The minimum atomic E-state index is -0.615. The lowest BCUT2D eigenvalue weighted by Crippen LogP contribution is -2.42. The van der Waals surface area contributed by atoms with Crippen LogP contribution >= 0.6 is 0 Å². The Kier molecular flexibility index (Phi) is 4.10. The molecule has 0 atom stereocenters. The summed E-state index contributed by atoms with van der Waals surface area (Å²) >= 11 is 0. The van der Waals surface area contributed by atoms with Gasteiger partial charge in [0.25, 0.3) is 5.91 Å². The maximum Gasteiger partial charge on any atom is 0.264 e. The summed E-state index contributed by atoms with van der Waals surface area (Å²) in [5.41, 5.74) is -0.0696. The minimum absolute atomic E-state index is 0.0258. The Morgan fingerprint density at radius 3 is 2.83 bits per heavy atom. The largest absolute Gasteiger partial charge is 0.360 e. The first-order valence-corrected chi connectivity index (χ1v) is 7.34. The third-order valence-electron chi connectivity index (χ3n) is 3.73. The van der Waals surface area contributed by atoms with E-state index in [2.05, 4.69) is 5.16 Å². The number of anilines is 1. The van der Waals surface area contributed by atoms with Crippen LogP contribution in [0, 0.1) is 12.7 Å². The average molecular weight is 317 g/mol. The highest BCUT2D eigenvalue weighted by atomic mass is 19.1. The highest BCUT2D eigenvalue weighted by Crippen LogP contribution is 2.21. The molecule has 0 aliphatic carbocycles. The third-order valence-corrected chi connectivity index (χ3v) is 3.73. The van der Waals surface area contributed by atoms with Crippen LogP contribution in [0.15, 0.2) is 34.9 Å². The van der Waals surface area contributed by atoms with Crippen molar-refractivity contribution in [2.75, 3.05) is 18.1 Å². The molecule has 1 saturated heterocycles. The van der Waals surface area contributed by atoms with E-state index in [0.717, 1.165) is 6.42 Å². The van der Waals surface area contributed by atoms with Crippen LogP contribution < -0.4 is 4.90 Å². The summed E-state index contributed by atoms with van der Waals surface area (Å²) in [7, 11) is 0. The Morgan fingerprint density at radius 2 is 2.22 bits per heavy atom. The van der Waals surface area contributed by atoms with Crippen LogP contribution in [0.3, 0.4) is 0 Å². The fourth-order valence-electron chi connectivity index (χ4n) is 2.53. The Hall–Kier alpha value is -2.70. The number of aromatic nitrogens is 1. The summed E-state index contributed by atoms with van der Waals surface area (Å²) in [6.45, 7) is 2.29. The van der Waals surface area contributed by atoms with Gasteiger partial charge < -0.3 is 9.42 Å². The molecule has 1 aliphatic heterocycles. The summed E-state index contributed by atoms with van der Waals surface area (Å²) in [6.07, 6.45) is 1.21. The number of rotatable bonds is 4. The zero-order chi connectivity index (χ0) is 16.4. The monoisotopic (exact) mass is 317 g/mol. The van der Waals surface area contributed by atoms with Crippen molar-refractivity contribution in [2.45, 2.75) is 19.8 Å². The van der Waals surface area contributed by atoms with Crippen molar-refractivity contribution in [1.29, 1.82) is 0 Å². The van der Waals surface area contributed by atoms with E-state index in [9.17, 15) is 14.0 Å². The molecule has 7 heteroatoms. The molecule has 1 aliphatic rings. The highest BCUT2D eigenvalue weighted by molar-refractivity contribution is 6.06. The van der Waals surface area contributed by atoms with Crippen LogP contribution in [-0.4, -0.2) is 35.1 Å². The van der Waals surface area contributed by atoms with Gasteiger partial charge in [0.1, 0.15) is 18.2 Å². The fraction of sp³-hybridized carbons (Fsp3) is 0.312. The van der Waals surface area contributed by atoms with E-state index in [4.69, 9.17) is 4.52 Å². The standard InChI is InChI=1S/C16H16FN3O3/c1-11-9-14(18-23-11)20(10-19-8-4-7-15(19)21)16(22)12-5-2-3-6-13(12)17/h2-3,5-6,9H,4,7-8,10H2,1H3. The molecular formula is C16H16FN3O3. The van der Waals surface area contributed by atoms with Gasteiger partial charge >= 0.3 is 0 Å². The lowest BCUT2D eigenvalue weighted by Gasteiger charge is -2.26. The van der Waals surface area contributed by atoms with Crippen molar-refractivity contribution in [3.63, 3.8) is 0 Å². The number of likely N-dealkylation sites (tertiary alicyclic amines) is 1. The zero-order valence-corrected chi connectivity index (χ0v) is 12.7. The second-order valence-electron chi connectivity index (χ2n) is 5.41. The van der Waals surface area contributed by atoms with E-state index in [-0.39, 0.29) is 24.0 Å². The van der Waals surface area contributed by atoms with Crippen LogP contribution in [0.25, 0.3) is 0 Å². The van der Waals surface area contributed by atoms with Crippen molar-refractivity contribution >= 4 is 17.6 Å². The van der Waals surface area contributed by atoms with E-state index in [1.54, 1.807) is 24.0 Å². The highest BCUT2D eigenvalue weighted by Gasteiger charge is 2.29. The zero-order valence-electron chi connectivity index (χ0n) is 12.7. The molecule has 1 fully saturated rings. The third kappa shape index (κ3) is 3.08. The Labute approximate surface area is 132 Å². The van der Waals surface area contributed by atoms with Crippen LogP contribution in [0.4, 0.5) is 10.2 Å². The molecule has 0 N–H and O–H groups in total. The van der Waals surface area contributed by atoms with Gasteiger partial charge in [0.2, 0.25) is 5.91 Å². The van der Waals surface area contributed by atoms with Crippen LogP contribution in [0.2, 0.25) is 0 Å². The van der Waals surface area contributed by atoms with Crippen molar-refractivity contribution in [3.05, 3.63) is 47.5 Å². The molecule has 0 bridgehead atoms. The van der Waals surface area contributed by atoms with Crippen molar-refractivity contribution < 1.29 is 18.5 Å². The molecule has 23 heavy (non-hydrogen) atoms. The number of amides is 2. The molecule has 6 nitrogen and oxygen atoms in total. The molecule has 1 aromatic carbocycles. The van der Waals surface area contributed by atoms with Crippen molar-refractivity contribution in [2.24, 2.45) is 0 Å². The lowest BCUT2D eigenvalue weighted by atomic mass is 10.2. The molecule has 1 aromatic heterocycles. The van der Waals surface area contributed by atoms with Gasteiger partial charge in [-0.3, -0.25) is 14.5 Å². The molecule has 0 spiro atoms. The first-order valence-electron chi connectivity index (χ1n) is 7.34. The number of hydrogen-bond donors (Lipinski definition) is 0. The predicted molar refractivity (Wildman–Crippen MR) is 80.3 cm³/mol. The van der Waals surface area contributed by atoms with Gasteiger partial charge in [-0.15, -0.1) is 0 Å². The molecule has 2 amide bonds. The molecule has 0 unspecified atom stereocenters. The Bertz CT molecular complexity index is 744. The molecular weight excluding hydrogens is 301 g/mol. The Balaban J connectivity index is 1.93. The molecule has 120 valence electrons. The number of carbonyl (C=O) groups is 2. The second-order valence-corrected chi connectivity index (χ2v) is 5.41. The van der Waals surface area contributed by atoms with Gasteiger partial charge in [0.15, 0.2) is 5.82 Å². The molecule has 2 aromatic rings. The van der Waals surface area contributed by atoms with Crippen LogP contribution in [-0.2, 0) is 4.79 Å². The van der Waals surface area contributed by atoms with Crippen molar-refractivity contribution in [1.82, 2.24) is 10.1 Å². The second kappa shape index (κ2) is 6.20. The molecule has 2 heterocycles. The minimum Gasteiger partial charge on any atom is -0.360 e. The van der Waals surface area contributed by atoms with Crippen LogP contribution in [0.5, 0.6) is 0 Å². The van der Waals surface area contributed by atoms with Crippen molar-refractivity contribution in [3.8, 4) is 0 Å². The van der Waals surface area contributed by atoms with Crippen LogP contribution in [0.1, 0.15) is 29.0 Å². The molecule has 0 radical (unpaired) electrons. The normalized spacial score (nSPS) is 14.3. The number of benzene rings is 1. The van der Waals surface area contributed by atoms with E-state index in [1.165, 1.54) is 23.1 Å². The summed E-state index contributed by atoms with van der Waals surface area (Å²) in [5.74, 6) is -0.419. The average Bonchev–Trinajstić information content (AvgIpc) is 3.13. The maximum absolute atomic E-state index is 13.9. The van der Waals surface area contributed by atoms with Gasteiger partial charge in [-0.1, -0.05) is 17.3 Å². The summed E-state index contributed by atoms with van der Waals surface area (Å²) in [5, 5.41) is 3.83. The van der Waals surface area contributed by atoms with Gasteiger partial charge in [-0.2, -0.15) is 0 Å². The van der Waals surface area contributed by atoms with Gasteiger partial charge in [0, 0.05) is 19.0 Å². The first-order chi connectivity index (χ1) is 11.1. The lowest BCUT2D eigenvalue weighted by molar-refractivity contribution is -0.127. The number of nitrogens with zero attached hydrogens (tertiary/aromatic N) is 3. The van der Waals surface area contributed by atoms with Gasteiger partial charge in [-0.25, -0.2) is 4.39 Å². The van der Waals surface area contributed by atoms with Gasteiger partial charge in [0.05, 0.1) is 5.56 Å². The number of aryl methyl sites for hydroxylation is 1. The number of hydrogen-bond acceptors (Lipinski definition) is 4. The summed E-state index contributed by atoms with van der Waals surface area (Å²) < 4.78 is 19.0. The van der Waals surface area contributed by atoms with E-state index >= 15 is 0 Å². The molecule has 0 saturated carbocycles. The smallest absolute Gasteiger partial charge is 0.264 e. The predicted octanol–water partition coefficient (Wildman–Crippen LogP) is 2.35. The summed E-state index contributed by atoms with van der Waals surface area (Å²) in [4.78, 5) is 27.4. The topological polar surface area (TPSA) is 66.7 Å². The van der Waals surface area contributed by atoms with E-state index < -0.39 is 11.7 Å². The van der Waals surface area contributed by atoms with E-state index in [1.807, 2.05) is 0 Å². The number of carbonyl (C=O) groups excluding carboxylic acids is 2. The fourth-order valence-corrected chi connectivity index (χ4v) is 2.53. The quantitative estimate of drug-likeness (QED) is 0.868. The Morgan fingerprint density at radius 1 is 1.43 bits per heavy atom. The van der Waals surface area contributed by atoms with E-state index in [0.29, 0.717) is 18.7 Å². The molecule has 3 rings (SSSR count). The SMILES string of the molecule is Cc1cc(N(CN2CCCC2=O)C(=O)c2ccccc2F)no1. The first kappa shape index (κ1) is 15.2. The van der Waals surface area contributed by atoms with Gasteiger partial charge in [-0.05, 0) is 25.5 Å². The summed E-state index contributed by atoms with van der Waals surface area (Å²) in [6, 6.07) is 7.31. The maximum atomic E-state index is 13.9.